The van der Waals surface area contributed by atoms with Gasteiger partial charge in [-0.2, -0.15) is 5.10 Å². The van der Waals surface area contributed by atoms with Crippen LogP contribution in [0.3, 0.4) is 0 Å². The Morgan fingerprint density at radius 2 is 2.17 bits per heavy atom. The average molecular weight is 331 g/mol. The van der Waals surface area contributed by atoms with E-state index in [1.165, 1.54) is 0 Å². The van der Waals surface area contributed by atoms with Crippen molar-refractivity contribution < 1.29 is 13.9 Å². The van der Waals surface area contributed by atoms with Crippen LogP contribution in [0.25, 0.3) is 0 Å². The average Bonchev–Trinajstić information content (AvgIpc) is 3.29. The zero-order valence-electron chi connectivity index (χ0n) is 14.1. The van der Waals surface area contributed by atoms with Gasteiger partial charge in [0.1, 0.15) is 5.69 Å². The Kier molecular flexibility index (Phi) is 3.64. The molecule has 8 nitrogen and oxygen atoms in total. The minimum Gasteiger partial charge on any atom is -0.425 e. The Bertz CT molecular complexity index is 768. The summed E-state index contributed by atoms with van der Waals surface area (Å²) in [5.74, 6) is 1.45. The fourth-order valence-corrected chi connectivity index (χ4v) is 3.72. The quantitative estimate of drug-likeness (QED) is 0.839. The minimum atomic E-state index is 0.0101. The highest BCUT2D eigenvalue weighted by atomic mass is 16.5. The summed E-state index contributed by atoms with van der Waals surface area (Å²) in [7, 11) is 0. The van der Waals surface area contributed by atoms with E-state index in [9.17, 15) is 4.79 Å². The number of carbonyl (C=O) groups excluding carboxylic acids is 1. The SMILES string of the molecule is CCn1nc(C)cc1C(=O)N1C[C@@H]2[C@@H](c3nnc(C)o3)CO[C@@H]2C1. The van der Waals surface area contributed by atoms with Crippen molar-refractivity contribution in [1.82, 2.24) is 24.9 Å². The van der Waals surface area contributed by atoms with Crippen molar-refractivity contribution >= 4 is 5.91 Å². The molecule has 4 heterocycles. The second-order valence-electron chi connectivity index (χ2n) is 6.50. The van der Waals surface area contributed by atoms with E-state index >= 15 is 0 Å². The van der Waals surface area contributed by atoms with Crippen molar-refractivity contribution in [2.45, 2.75) is 39.3 Å². The van der Waals surface area contributed by atoms with Crippen molar-refractivity contribution in [2.75, 3.05) is 19.7 Å². The lowest BCUT2D eigenvalue weighted by Gasteiger charge is -2.18. The predicted molar refractivity (Wildman–Crippen MR) is 83.5 cm³/mol. The smallest absolute Gasteiger partial charge is 0.272 e. The first-order valence-corrected chi connectivity index (χ1v) is 8.32. The van der Waals surface area contributed by atoms with Gasteiger partial charge in [-0.3, -0.25) is 9.48 Å². The number of aromatic nitrogens is 4. The van der Waals surface area contributed by atoms with Gasteiger partial charge in [0, 0.05) is 32.5 Å². The van der Waals surface area contributed by atoms with Crippen molar-refractivity contribution in [3.63, 3.8) is 0 Å². The molecule has 0 N–H and O–H groups in total. The van der Waals surface area contributed by atoms with E-state index in [0.717, 1.165) is 5.69 Å². The van der Waals surface area contributed by atoms with Crippen LogP contribution in [0.2, 0.25) is 0 Å². The van der Waals surface area contributed by atoms with Crippen LogP contribution in [0.1, 0.15) is 40.8 Å². The summed E-state index contributed by atoms with van der Waals surface area (Å²) >= 11 is 0. The number of fused-ring (bicyclic) bond motifs is 1. The first kappa shape index (κ1) is 15.3. The number of carbonyl (C=O) groups is 1. The second-order valence-corrected chi connectivity index (χ2v) is 6.50. The monoisotopic (exact) mass is 331 g/mol. The van der Waals surface area contributed by atoms with Gasteiger partial charge >= 0.3 is 0 Å². The van der Waals surface area contributed by atoms with Gasteiger partial charge in [-0.15, -0.1) is 10.2 Å². The summed E-state index contributed by atoms with van der Waals surface area (Å²) < 4.78 is 13.2. The van der Waals surface area contributed by atoms with Gasteiger partial charge in [0.05, 0.1) is 24.3 Å². The van der Waals surface area contributed by atoms with E-state index in [4.69, 9.17) is 9.15 Å². The maximum Gasteiger partial charge on any atom is 0.272 e. The number of aryl methyl sites for hydroxylation is 3. The molecule has 2 aromatic heterocycles. The molecule has 0 bridgehead atoms. The van der Waals surface area contributed by atoms with Gasteiger partial charge in [0.2, 0.25) is 11.8 Å². The minimum absolute atomic E-state index is 0.0101. The van der Waals surface area contributed by atoms with E-state index < -0.39 is 0 Å². The molecule has 2 aromatic rings. The van der Waals surface area contributed by atoms with Crippen LogP contribution in [-0.2, 0) is 11.3 Å². The summed E-state index contributed by atoms with van der Waals surface area (Å²) in [6.07, 6.45) is 0.0326. The molecule has 24 heavy (non-hydrogen) atoms. The molecular weight excluding hydrogens is 310 g/mol. The molecule has 0 spiro atoms. The third-order valence-corrected chi connectivity index (χ3v) is 4.88. The Hall–Kier alpha value is -2.22. The number of nitrogens with zero attached hydrogens (tertiary/aromatic N) is 5. The van der Waals surface area contributed by atoms with Crippen LogP contribution in [0.5, 0.6) is 0 Å². The molecular formula is C16H21N5O3. The van der Waals surface area contributed by atoms with Crippen molar-refractivity contribution in [3.05, 3.63) is 29.2 Å². The Morgan fingerprint density at radius 1 is 1.33 bits per heavy atom. The van der Waals surface area contributed by atoms with E-state index in [0.29, 0.717) is 43.7 Å². The fourth-order valence-electron chi connectivity index (χ4n) is 3.72. The maximum absolute atomic E-state index is 12.9. The molecule has 0 saturated carbocycles. The lowest BCUT2D eigenvalue weighted by atomic mass is 9.93. The van der Waals surface area contributed by atoms with E-state index in [2.05, 4.69) is 15.3 Å². The molecule has 0 aromatic carbocycles. The van der Waals surface area contributed by atoms with Gasteiger partial charge in [-0.1, -0.05) is 0 Å². The van der Waals surface area contributed by atoms with Gasteiger partial charge < -0.3 is 14.1 Å². The lowest BCUT2D eigenvalue weighted by molar-refractivity contribution is 0.0676. The molecule has 0 unspecified atom stereocenters. The summed E-state index contributed by atoms with van der Waals surface area (Å²) in [6, 6.07) is 1.85. The summed E-state index contributed by atoms with van der Waals surface area (Å²) in [6.45, 7) is 8.16. The third kappa shape index (κ3) is 2.41. The fraction of sp³-hybridized carbons (Fsp3) is 0.625. The topological polar surface area (TPSA) is 86.3 Å². The van der Waals surface area contributed by atoms with Gasteiger partial charge in [0.25, 0.3) is 5.91 Å². The molecule has 2 aliphatic heterocycles. The molecule has 8 heteroatoms. The normalized spacial score (nSPS) is 26.1. The Balaban J connectivity index is 1.53. The van der Waals surface area contributed by atoms with Crippen molar-refractivity contribution in [2.24, 2.45) is 5.92 Å². The number of ether oxygens (including phenoxy) is 1. The number of hydrogen-bond acceptors (Lipinski definition) is 6. The lowest BCUT2D eigenvalue weighted by Crippen LogP contribution is -2.32. The third-order valence-electron chi connectivity index (χ3n) is 4.88. The molecule has 0 radical (unpaired) electrons. The maximum atomic E-state index is 12.9. The Labute approximate surface area is 139 Å². The predicted octanol–water partition coefficient (Wildman–Crippen LogP) is 1.16. The van der Waals surface area contributed by atoms with Crippen LogP contribution < -0.4 is 0 Å². The molecule has 2 fully saturated rings. The molecule has 3 atom stereocenters. The van der Waals surface area contributed by atoms with Gasteiger partial charge in [0.15, 0.2) is 0 Å². The van der Waals surface area contributed by atoms with Crippen LogP contribution >= 0.6 is 0 Å². The molecule has 0 aliphatic carbocycles. The summed E-state index contributed by atoms with van der Waals surface area (Å²) in [5, 5.41) is 12.4. The molecule has 128 valence electrons. The van der Waals surface area contributed by atoms with E-state index in [1.54, 1.807) is 11.6 Å². The number of hydrogen-bond donors (Lipinski definition) is 0. The van der Waals surface area contributed by atoms with E-state index in [-0.39, 0.29) is 23.8 Å². The molecule has 2 aliphatic rings. The van der Waals surface area contributed by atoms with Crippen molar-refractivity contribution in [3.8, 4) is 0 Å². The zero-order valence-corrected chi connectivity index (χ0v) is 14.1. The van der Waals surface area contributed by atoms with Crippen molar-refractivity contribution in [1.29, 1.82) is 0 Å². The summed E-state index contributed by atoms with van der Waals surface area (Å²) in [5.41, 5.74) is 1.50. The second kappa shape index (κ2) is 5.70. The van der Waals surface area contributed by atoms with Gasteiger partial charge in [-0.05, 0) is 19.9 Å². The zero-order chi connectivity index (χ0) is 16.8. The molecule has 1 amide bonds. The van der Waals surface area contributed by atoms with Crippen LogP contribution in [-0.4, -0.2) is 56.6 Å². The highest BCUT2D eigenvalue weighted by Crippen LogP contribution is 2.39. The highest BCUT2D eigenvalue weighted by molar-refractivity contribution is 5.93. The van der Waals surface area contributed by atoms with Gasteiger partial charge in [-0.25, -0.2) is 0 Å². The largest absolute Gasteiger partial charge is 0.425 e. The molecule has 4 rings (SSSR count). The highest BCUT2D eigenvalue weighted by Gasteiger charge is 2.48. The number of amides is 1. The van der Waals surface area contributed by atoms with Crippen LogP contribution in [0, 0.1) is 19.8 Å². The Morgan fingerprint density at radius 3 is 2.88 bits per heavy atom. The summed E-state index contributed by atoms with van der Waals surface area (Å²) in [4.78, 5) is 14.7. The molecule has 2 saturated heterocycles. The first-order valence-electron chi connectivity index (χ1n) is 8.32. The van der Waals surface area contributed by atoms with E-state index in [1.807, 2.05) is 24.8 Å². The van der Waals surface area contributed by atoms with Crippen LogP contribution in [0.4, 0.5) is 0 Å². The number of rotatable bonds is 3. The van der Waals surface area contributed by atoms with Crippen LogP contribution in [0.15, 0.2) is 10.5 Å². The number of likely N-dealkylation sites (tertiary alicyclic amines) is 1. The standard InChI is InChI=1S/C16H21N5O3/c1-4-21-13(5-9(2)19-21)16(22)20-6-11-12(8-23-14(11)7-20)15-18-17-10(3)24-15/h5,11-12,14H,4,6-8H2,1-3H3/t11-,12+,14-/m1/s1. The first-order chi connectivity index (χ1) is 11.6.